The van der Waals surface area contributed by atoms with Gasteiger partial charge < -0.3 is 10.4 Å². The number of rotatable bonds is 7. The van der Waals surface area contributed by atoms with E-state index in [-0.39, 0.29) is 6.04 Å². The van der Waals surface area contributed by atoms with Crippen LogP contribution in [0.5, 0.6) is 0 Å². The van der Waals surface area contributed by atoms with E-state index in [1.165, 1.54) is 5.56 Å². The smallest absolute Gasteiger partial charge is 0.0922 e. The highest BCUT2D eigenvalue weighted by Gasteiger charge is 2.13. The van der Waals surface area contributed by atoms with E-state index in [0.717, 1.165) is 11.3 Å². The normalized spacial score (nSPS) is 14.2. The van der Waals surface area contributed by atoms with Crippen molar-refractivity contribution in [3.05, 3.63) is 58.3 Å². The molecule has 0 saturated heterocycles. The van der Waals surface area contributed by atoms with Gasteiger partial charge in [-0.1, -0.05) is 30.3 Å². The summed E-state index contributed by atoms with van der Waals surface area (Å²) >= 11 is 3.43. The van der Waals surface area contributed by atoms with Crippen molar-refractivity contribution in [2.45, 2.75) is 12.1 Å². The number of nitrogens with one attached hydrogen (secondary N) is 1. The Labute approximate surface area is 122 Å². The molecule has 0 bridgehead atoms. The second kappa shape index (κ2) is 7.70. The Kier molecular flexibility index (Phi) is 5.92. The number of hydrogen-bond acceptors (Lipinski definition) is 4. The third-order valence-corrected chi connectivity index (χ3v) is 4.39. The highest BCUT2D eigenvalue weighted by molar-refractivity contribution is 7.98. The van der Waals surface area contributed by atoms with Crippen LogP contribution in [0.25, 0.3) is 0 Å². The molecule has 19 heavy (non-hydrogen) atoms. The van der Waals surface area contributed by atoms with Gasteiger partial charge in [-0.3, -0.25) is 0 Å². The summed E-state index contributed by atoms with van der Waals surface area (Å²) in [5, 5.41) is 17.6. The molecule has 0 radical (unpaired) electrons. The van der Waals surface area contributed by atoms with Crippen molar-refractivity contribution < 1.29 is 5.11 Å². The van der Waals surface area contributed by atoms with E-state index in [9.17, 15) is 5.11 Å². The molecular formula is C15H19NOS2. The minimum atomic E-state index is -0.431. The molecule has 0 fully saturated rings. The van der Waals surface area contributed by atoms with Crippen LogP contribution in [0.2, 0.25) is 0 Å². The quantitative estimate of drug-likeness (QED) is 0.820. The van der Waals surface area contributed by atoms with Crippen LogP contribution >= 0.6 is 23.1 Å². The third-order valence-electron chi connectivity index (χ3n) is 3.02. The SMILES string of the molecule is CSCC(NCC(O)c1ccsc1)c1ccccc1. The molecule has 0 spiro atoms. The van der Waals surface area contributed by atoms with E-state index in [1.807, 2.05) is 34.7 Å². The third kappa shape index (κ3) is 4.35. The van der Waals surface area contributed by atoms with E-state index in [0.29, 0.717) is 6.54 Å². The summed E-state index contributed by atoms with van der Waals surface area (Å²) in [5.41, 5.74) is 2.27. The van der Waals surface area contributed by atoms with E-state index >= 15 is 0 Å². The molecule has 2 atom stereocenters. The molecule has 2 rings (SSSR count). The first-order chi connectivity index (χ1) is 9.31. The monoisotopic (exact) mass is 293 g/mol. The Morgan fingerprint density at radius 2 is 2.00 bits per heavy atom. The van der Waals surface area contributed by atoms with Crippen molar-refractivity contribution in [2.75, 3.05) is 18.6 Å². The van der Waals surface area contributed by atoms with Crippen molar-refractivity contribution in [3.8, 4) is 0 Å². The highest BCUT2D eigenvalue weighted by Crippen LogP contribution is 2.20. The van der Waals surface area contributed by atoms with Crippen LogP contribution in [0.4, 0.5) is 0 Å². The highest BCUT2D eigenvalue weighted by atomic mass is 32.2. The Morgan fingerprint density at radius 1 is 1.21 bits per heavy atom. The first kappa shape index (κ1) is 14.6. The van der Waals surface area contributed by atoms with Crippen LogP contribution in [0.15, 0.2) is 47.2 Å². The van der Waals surface area contributed by atoms with Crippen molar-refractivity contribution in [3.63, 3.8) is 0 Å². The summed E-state index contributed by atoms with van der Waals surface area (Å²) in [7, 11) is 0. The lowest BCUT2D eigenvalue weighted by Crippen LogP contribution is -2.28. The largest absolute Gasteiger partial charge is 0.387 e. The van der Waals surface area contributed by atoms with Gasteiger partial charge >= 0.3 is 0 Å². The fourth-order valence-electron chi connectivity index (χ4n) is 1.96. The van der Waals surface area contributed by atoms with Gasteiger partial charge in [-0.2, -0.15) is 23.1 Å². The minimum Gasteiger partial charge on any atom is -0.387 e. The van der Waals surface area contributed by atoms with Gasteiger partial charge in [-0.05, 0) is 34.2 Å². The number of benzene rings is 1. The molecule has 0 amide bonds. The fourth-order valence-corrected chi connectivity index (χ4v) is 3.31. The topological polar surface area (TPSA) is 32.3 Å². The van der Waals surface area contributed by atoms with Crippen LogP contribution < -0.4 is 5.32 Å². The Balaban J connectivity index is 1.94. The molecule has 2 N–H and O–H groups in total. The second-order valence-corrected chi connectivity index (χ2v) is 6.09. The first-order valence-corrected chi connectivity index (χ1v) is 8.62. The van der Waals surface area contributed by atoms with Crippen molar-refractivity contribution in [2.24, 2.45) is 0 Å². The van der Waals surface area contributed by atoms with Gasteiger partial charge in [0.2, 0.25) is 0 Å². The molecule has 1 heterocycles. The Bertz CT molecular complexity index is 458. The minimum absolute atomic E-state index is 0.282. The van der Waals surface area contributed by atoms with Crippen LogP contribution in [0, 0.1) is 0 Å². The molecule has 0 aliphatic heterocycles. The van der Waals surface area contributed by atoms with Gasteiger partial charge in [0, 0.05) is 18.3 Å². The van der Waals surface area contributed by atoms with Crippen molar-refractivity contribution >= 4 is 23.1 Å². The van der Waals surface area contributed by atoms with Gasteiger partial charge in [0.1, 0.15) is 0 Å². The lowest BCUT2D eigenvalue weighted by molar-refractivity contribution is 0.171. The van der Waals surface area contributed by atoms with Crippen LogP contribution in [0.3, 0.4) is 0 Å². The zero-order valence-corrected chi connectivity index (χ0v) is 12.6. The summed E-state index contributed by atoms with van der Waals surface area (Å²) < 4.78 is 0. The molecule has 102 valence electrons. The zero-order chi connectivity index (χ0) is 13.5. The fraction of sp³-hybridized carbons (Fsp3) is 0.333. The van der Waals surface area contributed by atoms with E-state index < -0.39 is 6.10 Å². The van der Waals surface area contributed by atoms with Gasteiger partial charge in [0.15, 0.2) is 0 Å². The molecule has 1 aromatic carbocycles. The van der Waals surface area contributed by atoms with Crippen molar-refractivity contribution in [1.29, 1.82) is 0 Å². The average molecular weight is 293 g/mol. The zero-order valence-electron chi connectivity index (χ0n) is 11.0. The molecule has 0 aliphatic carbocycles. The van der Waals surface area contributed by atoms with Crippen LogP contribution in [0.1, 0.15) is 23.3 Å². The summed E-state index contributed by atoms with van der Waals surface area (Å²) in [6.07, 6.45) is 1.67. The standard InChI is InChI=1S/C15H19NOS2/c1-18-11-14(12-5-3-2-4-6-12)16-9-15(17)13-7-8-19-10-13/h2-8,10,14-17H,9,11H2,1H3. The summed E-state index contributed by atoms with van der Waals surface area (Å²) in [5.74, 6) is 1.00. The summed E-state index contributed by atoms with van der Waals surface area (Å²) in [4.78, 5) is 0. The first-order valence-electron chi connectivity index (χ1n) is 6.28. The number of hydrogen-bond donors (Lipinski definition) is 2. The van der Waals surface area contributed by atoms with E-state index in [4.69, 9.17) is 0 Å². The van der Waals surface area contributed by atoms with Gasteiger partial charge in [-0.15, -0.1) is 0 Å². The summed E-state index contributed by atoms with van der Waals surface area (Å²) in [6.45, 7) is 0.580. The van der Waals surface area contributed by atoms with Crippen molar-refractivity contribution in [1.82, 2.24) is 5.32 Å². The second-order valence-electron chi connectivity index (χ2n) is 4.40. The van der Waals surface area contributed by atoms with E-state index in [1.54, 1.807) is 11.3 Å². The number of thiophene rings is 1. The molecule has 2 unspecified atom stereocenters. The lowest BCUT2D eigenvalue weighted by Gasteiger charge is -2.20. The molecule has 4 heteroatoms. The maximum atomic E-state index is 10.1. The predicted octanol–water partition coefficient (Wildman–Crippen LogP) is 3.48. The molecule has 2 nitrogen and oxygen atoms in total. The number of aliphatic hydroxyl groups is 1. The Morgan fingerprint density at radius 3 is 2.63 bits per heavy atom. The maximum absolute atomic E-state index is 10.1. The van der Waals surface area contributed by atoms with Crippen LogP contribution in [-0.4, -0.2) is 23.7 Å². The predicted molar refractivity (Wildman–Crippen MR) is 84.8 cm³/mol. The summed E-state index contributed by atoms with van der Waals surface area (Å²) in [6, 6.07) is 12.7. The van der Waals surface area contributed by atoms with Gasteiger partial charge in [-0.25, -0.2) is 0 Å². The Hall–Kier alpha value is -0.810. The molecule has 2 aromatic rings. The van der Waals surface area contributed by atoms with Gasteiger partial charge in [0.05, 0.1) is 6.10 Å². The molecule has 1 aromatic heterocycles. The lowest BCUT2D eigenvalue weighted by atomic mass is 10.1. The van der Waals surface area contributed by atoms with Crippen LogP contribution in [-0.2, 0) is 0 Å². The molecule has 0 saturated carbocycles. The molecular weight excluding hydrogens is 274 g/mol. The van der Waals surface area contributed by atoms with Gasteiger partial charge in [0.25, 0.3) is 0 Å². The number of thioether (sulfide) groups is 1. The maximum Gasteiger partial charge on any atom is 0.0922 e. The average Bonchev–Trinajstić information content (AvgIpc) is 2.98. The van der Waals surface area contributed by atoms with E-state index in [2.05, 4.69) is 35.8 Å². The number of aliphatic hydroxyl groups excluding tert-OH is 1. The molecule has 0 aliphatic rings.